The molecule has 0 amide bonds. The highest BCUT2D eigenvalue weighted by atomic mass is 32.2. The molecule has 1 aromatic carbocycles. The van der Waals surface area contributed by atoms with Gasteiger partial charge in [0.25, 0.3) is 0 Å². The van der Waals surface area contributed by atoms with Crippen LogP contribution in [-0.2, 0) is 9.53 Å². The first-order chi connectivity index (χ1) is 11.5. The first-order valence-electron chi connectivity index (χ1n) is 8.09. The van der Waals surface area contributed by atoms with Crippen LogP contribution in [0.1, 0.15) is 42.2 Å². The summed E-state index contributed by atoms with van der Waals surface area (Å²) in [6, 6.07) is 7.25. The first-order valence-corrected chi connectivity index (χ1v) is 9.03. The highest BCUT2D eigenvalue weighted by Gasteiger charge is 2.41. The lowest BCUT2D eigenvalue weighted by Crippen LogP contribution is -2.43. The van der Waals surface area contributed by atoms with Crippen LogP contribution in [0.25, 0.3) is 0 Å². The Balaban J connectivity index is 1.97. The number of hydrogen-bond donors (Lipinski definition) is 1. The minimum Gasteiger partial charge on any atom is -0.381 e. The molecule has 1 aromatic rings. The lowest BCUT2D eigenvalue weighted by molar-refractivity contribution is -0.106. The Morgan fingerprint density at radius 3 is 2.88 bits per heavy atom. The topological polar surface area (TPSA) is 55.4 Å². The third-order valence-electron chi connectivity index (χ3n) is 4.63. The first kappa shape index (κ1) is 17.2. The van der Waals surface area contributed by atoms with Gasteiger partial charge in [0.15, 0.2) is 5.78 Å². The van der Waals surface area contributed by atoms with Crippen molar-refractivity contribution in [1.82, 2.24) is 5.32 Å². The number of ether oxygens (including phenoxy) is 1. The van der Waals surface area contributed by atoms with Crippen LogP contribution in [0.4, 0.5) is 0 Å². The number of aldehydes is 1. The molecule has 1 saturated heterocycles. The zero-order valence-corrected chi connectivity index (χ0v) is 14.7. The fourth-order valence-electron chi connectivity index (χ4n) is 3.14. The highest BCUT2D eigenvalue weighted by molar-refractivity contribution is 8.01. The number of Topliss-reactive ketones (excluding diaryl/α,β-unsaturated/α-hetero) is 1. The molecule has 0 aliphatic carbocycles. The zero-order chi connectivity index (χ0) is 17.2. The molecule has 24 heavy (non-hydrogen) atoms. The quantitative estimate of drug-likeness (QED) is 0.517. The van der Waals surface area contributed by atoms with Gasteiger partial charge in [0.1, 0.15) is 11.5 Å². The second kappa shape index (κ2) is 7.10. The van der Waals surface area contributed by atoms with Crippen LogP contribution in [0, 0.1) is 17.3 Å². The molecule has 3 unspecified atom stereocenters. The van der Waals surface area contributed by atoms with E-state index in [1.165, 1.54) is 0 Å². The average Bonchev–Trinajstić information content (AvgIpc) is 2.91. The van der Waals surface area contributed by atoms with Crippen molar-refractivity contribution in [3.8, 4) is 11.8 Å². The molecular weight excluding hydrogens is 322 g/mol. The summed E-state index contributed by atoms with van der Waals surface area (Å²) in [5.41, 5.74) is 1.48. The van der Waals surface area contributed by atoms with E-state index in [4.69, 9.17) is 4.74 Å². The Morgan fingerprint density at radius 2 is 2.21 bits per heavy atom. The van der Waals surface area contributed by atoms with Gasteiger partial charge >= 0.3 is 0 Å². The van der Waals surface area contributed by atoms with Crippen LogP contribution < -0.4 is 5.32 Å². The number of benzene rings is 1. The van der Waals surface area contributed by atoms with Crippen LogP contribution in [0.2, 0.25) is 0 Å². The van der Waals surface area contributed by atoms with Gasteiger partial charge < -0.3 is 9.53 Å². The summed E-state index contributed by atoms with van der Waals surface area (Å²) in [5.74, 6) is 6.22. The number of ketones is 1. The van der Waals surface area contributed by atoms with Gasteiger partial charge in [-0.1, -0.05) is 43.0 Å². The Bertz CT molecular complexity index is 700. The summed E-state index contributed by atoms with van der Waals surface area (Å²) in [6.45, 7) is 5.13. The van der Waals surface area contributed by atoms with Gasteiger partial charge in [-0.05, 0) is 18.9 Å². The average molecular weight is 343 g/mol. The summed E-state index contributed by atoms with van der Waals surface area (Å²) in [5, 5.41) is 3.22. The molecule has 1 fully saturated rings. The number of nitrogens with one attached hydrogen (secondary N) is 1. The van der Waals surface area contributed by atoms with Crippen LogP contribution >= 0.6 is 11.8 Å². The maximum atomic E-state index is 12.0. The fraction of sp³-hybridized carbons (Fsp3) is 0.474. The van der Waals surface area contributed by atoms with Crippen LogP contribution in [0.5, 0.6) is 0 Å². The van der Waals surface area contributed by atoms with E-state index in [0.717, 1.165) is 24.9 Å². The molecule has 5 heteroatoms. The molecule has 4 nitrogen and oxygen atoms in total. The Kier molecular flexibility index (Phi) is 5.09. The Labute approximate surface area is 146 Å². The molecule has 1 N–H and O–H groups in total. The smallest absolute Gasteiger partial charge is 0.160 e. The highest BCUT2D eigenvalue weighted by Crippen LogP contribution is 2.40. The van der Waals surface area contributed by atoms with Crippen LogP contribution in [0.3, 0.4) is 0 Å². The van der Waals surface area contributed by atoms with Gasteiger partial charge in [-0.2, -0.15) is 0 Å². The standard InChI is InChI=1S/C19H21NO3S/c1-13(22)15-5-3-4-6-16(15)17-8-7-14(11-21)24-18(20-17)19(2)9-10-23-12-19/h3-6,11,14,17-18,20H,9-10,12H2,1-2H3/t14?,17?,18-,19?/m0/s1. The predicted molar refractivity (Wildman–Crippen MR) is 94.9 cm³/mol. The number of hydrogen-bond acceptors (Lipinski definition) is 5. The van der Waals surface area contributed by atoms with Crippen molar-refractivity contribution < 1.29 is 14.3 Å². The SMILES string of the molecule is CC(=O)c1ccccc1C1C#CC(C=O)S[C@@H](C2(C)CCOC2)N1. The van der Waals surface area contributed by atoms with Crippen molar-refractivity contribution >= 4 is 23.8 Å². The van der Waals surface area contributed by atoms with Gasteiger partial charge in [0.05, 0.1) is 18.0 Å². The third kappa shape index (κ3) is 3.41. The summed E-state index contributed by atoms with van der Waals surface area (Å²) in [7, 11) is 0. The molecule has 126 valence electrons. The molecule has 2 heterocycles. The van der Waals surface area contributed by atoms with Crippen molar-refractivity contribution in [2.24, 2.45) is 5.41 Å². The minimum absolute atomic E-state index is 0.0164. The Morgan fingerprint density at radius 1 is 1.42 bits per heavy atom. The maximum Gasteiger partial charge on any atom is 0.160 e. The molecule has 0 aromatic heterocycles. The van der Waals surface area contributed by atoms with Crippen molar-refractivity contribution in [3.63, 3.8) is 0 Å². The van der Waals surface area contributed by atoms with Crippen molar-refractivity contribution in [3.05, 3.63) is 35.4 Å². The molecule has 3 rings (SSSR count). The van der Waals surface area contributed by atoms with Gasteiger partial charge in [-0.15, -0.1) is 11.8 Å². The van der Waals surface area contributed by atoms with E-state index in [9.17, 15) is 9.59 Å². The Hall–Kier alpha value is -1.61. The minimum atomic E-state index is -0.366. The number of rotatable bonds is 4. The van der Waals surface area contributed by atoms with E-state index in [2.05, 4.69) is 24.1 Å². The molecule has 0 bridgehead atoms. The van der Waals surface area contributed by atoms with Gasteiger partial charge in [0.2, 0.25) is 0 Å². The maximum absolute atomic E-state index is 12.0. The van der Waals surface area contributed by atoms with Gasteiger partial charge in [-0.25, -0.2) is 0 Å². The summed E-state index contributed by atoms with van der Waals surface area (Å²) < 4.78 is 5.59. The van der Waals surface area contributed by atoms with E-state index in [-0.39, 0.29) is 27.9 Å². The second-order valence-electron chi connectivity index (χ2n) is 6.56. The van der Waals surface area contributed by atoms with E-state index in [0.29, 0.717) is 12.2 Å². The number of thioether (sulfide) groups is 1. The van der Waals surface area contributed by atoms with E-state index in [1.807, 2.05) is 24.3 Å². The molecular formula is C19H21NO3S. The van der Waals surface area contributed by atoms with Crippen LogP contribution in [0.15, 0.2) is 24.3 Å². The molecule has 0 radical (unpaired) electrons. The van der Waals surface area contributed by atoms with Crippen molar-refractivity contribution in [2.75, 3.05) is 13.2 Å². The van der Waals surface area contributed by atoms with E-state index >= 15 is 0 Å². The zero-order valence-electron chi connectivity index (χ0n) is 13.9. The lowest BCUT2D eigenvalue weighted by atomic mass is 9.88. The van der Waals surface area contributed by atoms with Crippen molar-refractivity contribution in [2.45, 2.75) is 36.9 Å². The largest absolute Gasteiger partial charge is 0.381 e. The summed E-state index contributed by atoms with van der Waals surface area (Å²) in [6.07, 6.45) is 1.83. The third-order valence-corrected chi connectivity index (χ3v) is 6.13. The number of carbonyl (C=O) groups is 2. The van der Waals surface area contributed by atoms with E-state index in [1.54, 1.807) is 18.7 Å². The normalized spacial score (nSPS) is 32.5. The van der Waals surface area contributed by atoms with Crippen molar-refractivity contribution in [1.29, 1.82) is 0 Å². The van der Waals surface area contributed by atoms with Gasteiger partial charge in [0, 0.05) is 17.6 Å². The monoisotopic (exact) mass is 343 g/mol. The van der Waals surface area contributed by atoms with Crippen LogP contribution in [-0.4, -0.2) is 35.9 Å². The molecule has 0 spiro atoms. The predicted octanol–water partition coefficient (Wildman–Crippen LogP) is 2.59. The van der Waals surface area contributed by atoms with E-state index < -0.39 is 0 Å². The molecule has 4 atom stereocenters. The molecule has 2 aliphatic heterocycles. The molecule has 2 aliphatic rings. The second-order valence-corrected chi connectivity index (χ2v) is 7.81. The fourth-order valence-corrected chi connectivity index (χ4v) is 4.36. The summed E-state index contributed by atoms with van der Waals surface area (Å²) in [4.78, 5) is 23.3. The lowest BCUT2D eigenvalue weighted by Gasteiger charge is -2.34. The molecule has 0 saturated carbocycles. The van der Waals surface area contributed by atoms with Gasteiger partial charge in [-0.3, -0.25) is 10.1 Å². The number of carbonyl (C=O) groups excluding carboxylic acids is 2. The summed E-state index contributed by atoms with van der Waals surface area (Å²) >= 11 is 1.54.